The van der Waals surface area contributed by atoms with Crippen LogP contribution in [0.3, 0.4) is 0 Å². The zero-order chi connectivity index (χ0) is 13.2. The van der Waals surface area contributed by atoms with Gasteiger partial charge in [0.25, 0.3) is 0 Å². The Hall–Kier alpha value is -1.03. The third kappa shape index (κ3) is 2.78. The van der Waals surface area contributed by atoms with Crippen LogP contribution >= 0.6 is 0 Å². The molecular weight excluding hydrogens is 240 g/mol. The standard InChI is InChI=1S/C15H24N2O2/c1-2-19-15(18)17-7-5-16(6-8-17)11-14-10-12-3-4-13(14)9-12/h3-4,12-14H,2,5-11H2,1H3/t12-,13-,14-/m0/s1. The molecule has 19 heavy (non-hydrogen) atoms. The van der Waals surface area contributed by atoms with E-state index in [4.69, 9.17) is 4.74 Å². The largest absolute Gasteiger partial charge is 0.450 e. The summed E-state index contributed by atoms with van der Waals surface area (Å²) in [6.45, 7) is 7.16. The molecule has 0 aromatic carbocycles. The number of piperazine rings is 1. The summed E-state index contributed by atoms with van der Waals surface area (Å²) in [4.78, 5) is 16.0. The maximum Gasteiger partial charge on any atom is 0.409 e. The third-order valence-corrected chi connectivity index (χ3v) is 4.81. The smallest absolute Gasteiger partial charge is 0.409 e. The number of hydrogen-bond donors (Lipinski definition) is 0. The van der Waals surface area contributed by atoms with Crippen LogP contribution in [0.2, 0.25) is 0 Å². The number of ether oxygens (including phenoxy) is 1. The SMILES string of the molecule is CCOC(=O)N1CCN(C[C@@H]2C[C@H]3C=C[C@H]2C3)CC1. The van der Waals surface area contributed by atoms with Crippen molar-refractivity contribution < 1.29 is 9.53 Å². The fourth-order valence-electron chi connectivity index (χ4n) is 3.76. The number of allylic oxidation sites excluding steroid dienone is 2. The van der Waals surface area contributed by atoms with Gasteiger partial charge in [0.15, 0.2) is 0 Å². The van der Waals surface area contributed by atoms with Crippen LogP contribution in [0.4, 0.5) is 4.79 Å². The highest BCUT2D eigenvalue weighted by atomic mass is 16.6. The van der Waals surface area contributed by atoms with Crippen molar-refractivity contribution in [1.82, 2.24) is 9.80 Å². The number of fused-ring (bicyclic) bond motifs is 2. The summed E-state index contributed by atoms with van der Waals surface area (Å²) in [5.74, 6) is 2.54. The van der Waals surface area contributed by atoms with Crippen LogP contribution in [-0.4, -0.2) is 55.2 Å². The van der Waals surface area contributed by atoms with Crippen LogP contribution in [0, 0.1) is 17.8 Å². The van der Waals surface area contributed by atoms with Crippen LogP contribution in [-0.2, 0) is 4.74 Å². The molecule has 1 heterocycles. The van der Waals surface area contributed by atoms with E-state index in [1.54, 1.807) is 0 Å². The first-order chi connectivity index (χ1) is 9.26. The van der Waals surface area contributed by atoms with Gasteiger partial charge in [-0.3, -0.25) is 4.90 Å². The number of hydrogen-bond acceptors (Lipinski definition) is 3. The molecule has 0 N–H and O–H groups in total. The molecule has 0 spiro atoms. The van der Waals surface area contributed by atoms with Gasteiger partial charge in [0.1, 0.15) is 0 Å². The second-order valence-electron chi connectivity index (χ2n) is 6.03. The molecule has 1 saturated carbocycles. The van der Waals surface area contributed by atoms with Gasteiger partial charge in [-0.2, -0.15) is 0 Å². The fraction of sp³-hybridized carbons (Fsp3) is 0.800. The normalized spacial score (nSPS) is 33.9. The number of carbonyl (C=O) groups excluding carboxylic acids is 1. The Morgan fingerprint density at radius 3 is 2.58 bits per heavy atom. The number of nitrogens with zero attached hydrogens (tertiary/aromatic N) is 2. The zero-order valence-electron chi connectivity index (χ0n) is 11.8. The molecule has 0 unspecified atom stereocenters. The fourth-order valence-corrected chi connectivity index (χ4v) is 3.76. The van der Waals surface area contributed by atoms with Crippen LogP contribution in [0.25, 0.3) is 0 Å². The average Bonchev–Trinajstić information content (AvgIpc) is 3.02. The van der Waals surface area contributed by atoms with Gasteiger partial charge in [-0.25, -0.2) is 4.79 Å². The average molecular weight is 264 g/mol. The molecule has 1 saturated heterocycles. The highest BCUT2D eigenvalue weighted by Crippen LogP contribution is 2.43. The molecule has 2 bridgehead atoms. The van der Waals surface area contributed by atoms with Gasteiger partial charge in [-0.05, 0) is 37.5 Å². The van der Waals surface area contributed by atoms with Gasteiger partial charge < -0.3 is 9.64 Å². The Morgan fingerprint density at radius 1 is 1.21 bits per heavy atom. The lowest BCUT2D eigenvalue weighted by Crippen LogP contribution is -2.50. The molecular formula is C15H24N2O2. The van der Waals surface area contributed by atoms with E-state index in [-0.39, 0.29) is 6.09 Å². The van der Waals surface area contributed by atoms with Gasteiger partial charge in [-0.15, -0.1) is 0 Å². The molecule has 3 rings (SSSR count). The Bertz CT molecular complexity index is 361. The lowest BCUT2D eigenvalue weighted by Gasteiger charge is -2.36. The summed E-state index contributed by atoms with van der Waals surface area (Å²) in [6.07, 6.45) is 7.44. The van der Waals surface area contributed by atoms with Crippen LogP contribution < -0.4 is 0 Å². The minimum atomic E-state index is -0.148. The van der Waals surface area contributed by atoms with Crippen LogP contribution in [0.1, 0.15) is 19.8 Å². The minimum Gasteiger partial charge on any atom is -0.450 e. The molecule has 3 aliphatic rings. The summed E-state index contributed by atoms with van der Waals surface area (Å²) in [5, 5.41) is 0. The predicted octanol–water partition coefficient (Wildman–Crippen LogP) is 1.97. The van der Waals surface area contributed by atoms with E-state index in [2.05, 4.69) is 17.1 Å². The monoisotopic (exact) mass is 264 g/mol. The lowest BCUT2D eigenvalue weighted by atomic mass is 9.93. The van der Waals surface area contributed by atoms with Crippen molar-refractivity contribution in [3.8, 4) is 0 Å². The van der Waals surface area contributed by atoms with Crippen molar-refractivity contribution in [1.29, 1.82) is 0 Å². The Morgan fingerprint density at radius 2 is 2.00 bits per heavy atom. The van der Waals surface area contributed by atoms with Crippen molar-refractivity contribution in [2.75, 3.05) is 39.3 Å². The highest BCUT2D eigenvalue weighted by Gasteiger charge is 2.36. The number of carbonyl (C=O) groups is 1. The van der Waals surface area contributed by atoms with E-state index in [1.165, 1.54) is 19.4 Å². The molecule has 0 radical (unpaired) electrons. The van der Waals surface area contributed by atoms with Crippen molar-refractivity contribution in [2.45, 2.75) is 19.8 Å². The molecule has 2 aliphatic carbocycles. The van der Waals surface area contributed by atoms with Crippen molar-refractivity contribution in [2.24, 2.45) is 17.8 Å². The molecule has 0 aromatic heterocycles. The van der Waals surface area contributed by atoms with E-state index in [1.807, 2.05) is 11.8 Å². The summed E-state index contributed by atoms with van der Waals surface area (Å²) in [6, 6.07) is 0. The minimum absolute atomic E-state index is 0.148. The van der Waals surface area contributed by atoms with Crippen molar-refractivity contribution in [3.05, 3.63) is 12.2 Å². The number of amides is 1. The molecule has 4 nitrogen and oxygen atoms in total. The topological polar surface area (TPSA) is 32.8 Å². The third-order valence-electron chi connectivity index (χ3n) is 4.81. The summed E-state index contributed by atoms with van der Waals surface area (Å²) < 4.78 is 5.05. The van der Waals surface area contributed by atoms with Gasteiger partial charge >= 0.3 is 6.09 Å². The first kappa shape index (κ1) is 13.0. The maximum atomic E-state index is 11.6. The summed E-state index contributed by atoms with van der Waals surface area (Å²) in [7, 11) is 0. The molecule has 0 aromatic rings. The molecule has 2 fully saturated rings. The van der Waals surface area contributed by atoms with Gasteiger partial charge in [0, 0.05) is 32.7 Å². The first-order valence-corrected chi connectivity index (χ1v) is 7.58. The molecule has 4 heteroatoms. The van der Waals surface area contributed by atoms with Crippen molar-refractivity contribution >= 4 is 6.09 Å². The van der Waals surface area contributed by atoms with E-state index >= 15 is 0 Å². The van der Waals surface area contributed by atoms with E-state index in [9.17, 15) is 4.79 Å². The van der Waals surface area contributed by atoms with E-state index in [0.717, 1.165) is 43.9 Å². The Balaban J connectivity index is 1.43. The second-order valence-corrected chi connectivity index (χ2v) is 6.03. The maximum absolute atomic E-state index is 11.6. The van der Waals surface area contributed by atoms with Crippen molar-refractivity contribution in [3.63, 3.8) is 0 Å². The van der Waals surface area contributed by atoms with Gasteiger partial charge in [-0.1, -0.05) is 12.2 Å². The summed E-state index contributed by atoms with van der Waals surface area (Å²) >= 11 is 0. The molecule has 3 atom stereocenters. The second kappa shape index (κ2) is 5.53. The predicted molar refractivity (Wildman–Crippen MR) is 73.9 cm³/mol. The molecule has 1 aliphatic heterocycles. The quantitative estimate of drug-likeness (QED) is 0.731. The van der Waals surface area contributed by atoms with Crippen LogP contribution in [0.15, 0.2) is 12.2 Å². The highest BCUT2D eigenvalue weighted by molar-refractivity contribution is 5.67. The number of rotatable bonds is 3. The van der Waals surface area contributed by atoms with E-state index < -0.39 is 0 Å². The lowest BCUT2D eigenvalue weighted by molar-refractivity contribution is 0.0738. The molecule has 1 amide bonds. The van der Waals surface area contributed by atoms with Crippen LogP contribution in [0.5, 0.6) is 0 Å². The Labute approximate surface area is 115 Å². The Kier molecular flexibility index (Phi) is 3.78. The summed E-state index contributed by atoms with van der Waals surface area (Å²) in [5.41, 5.74) is 0. The van der Waals surface area contributed by atoms with E-state index in [0.29, 0.717) is 6.61 Å². The van der Waals surface area contributed by atoms with Gasteiger partial charge in [0.05, 0.1) is 6.61 Å². The van der Waals surface area contributed by atoms with Gasteiger partial charge in [0.2, 0.25) is 0 Å². The molecule has 106 valence electrons. The zero-order valence-corrected chi connectivity index (χ0v) is 11.8. The first-order valence-electron chi connectivity index (χ1n) is 7.58.